The molecule has 1 aliphatic rings. The van der Waals surface area contributed by atoms with Crippen LogP contribution in [-0.4, -0.2) is 59.1 Å². The maximum atomic E-state index is 15.3. The third-order valence-corrected chi connectivity index (χ3v) is 8.63. The number of fused-ring (bicyclic) bond motifs is 1. The molecular weight excluding hydrogens is 457 g/mol. The number of aliphatic hydroxyl groups is 1. The van der Waals surface area contributed by atoms with Gasteiger partial charge in [-0.1, -0.05) is 11.8 Å². The zero-order valence-electron chi connectivity index (χ0n) is 19.0. The first-order valence-electron chi connectivity index (χ1n) is 11.6. The number of thioether (sulfide) groups is 1. The second-order valence-corrected chi connectivity index (χ2v) is 10.9. The zero-order valence-corrected chi connectivity index (χ0v) is 20.7. The highest BCUT2D eigenvalue weighted by Gasteiger charge is 2.29. The van der Waals surface area contributed by atoms with E-state index in [1.165, 1.54) is 0 Å². The van der Waals surface area contributed by atoms with Crippen molar-refractivity contribution in [2.45, 2.75) is 36.2 Å². The van der Waals surface area contributed by atoms with Crippen molar-refractivity contribution in [2.24, 2.45) is 11.8 Å². The Kier molecular flexibility index (Phi) is 8.95. The Hall–Kier alpha value is -1.74. The summed E-state index contributed by atoms with van der Waals surface area (Å²) in [6.07, 6.45) is 5.84. The molecule has 1 N–H and O–H groups in total. The van der Waals surface area contributed by atoms with Gasteiger partial charge in [0.25, 0.3) is 0 Å². The number of likely N-dealkylation sites (tertiary alicyclic amines) is 1. The lowest BCUT2D eigenvalue weighted by Gasteiger charge is -2.38. The molecule has 33 heavy (non-hydrogen) atoms. The summed E-state index contributed by atoms with van der Waals surface area (Å²) in [5.74, 6) is 2.34. The highest BCUT2D eigenvalue weighted by molar-refractivity contribution is 8.00. The fourth-order valence-electron chi connectivity index (χ4n) is 4.74. The molecule has 1 aromatic carbocycles. The maximum Gasteiger partial charge on any atom is 0.149 e. The van der Waals surface area contributed by atoms with Crippen LogP contribution in [0.1, 0.15) is 37.4 Å². The average Bonchev–Trinajstić information content (AvgIpc) is 3.38. The van der Waals surface area contributed by atoms with Crippen LogP contribution in [0, 0.1) is 11.8 Å². The molecule has 1 aliphatic heterocycles. The number of rotatable bonds is 11. The fourth-order valence-corrected chi connectivity index (χ4v) is 6.37. The number of halogens is 1. The van der Waals surface area contributed by atoms with E-state index in [-0.39, 0.29) is 12.5 Å². The molecule has 1 saturated heterocycles. The van der Waals surface area contributed by atoms with Gasteiger partial charge in [-0.05, 0) is 80.4 Å². The Balaban J connectivity index is 1.27. The molecule has 4 rings (SSSR count). The first kappa shape index (κ1) is 24.4. The average molecular weight is 490 g/mol. The molecule has 3 atom stereocenters. The SMILES string of the molecule is COc1ccc2nccc(C(F)CC[C@@H]3CCN(CCCSc4nccs4)C[C@@H]3CO)c2c1. The van der Waals surface area contributed by atoms with Crippen molar-refractivity contribution in [3.8, 4) is 5.75 Å². The third-order valence-electron chi connectivity index (χ3n) is 6.57. The number of thiazole rings is 1. The van der Waals surface area contributed by atoms with E-state index in [0.717, 1.165) is 59.9 Å². The molecule has 3 aromatic rings. The van der Waals surface area contributed by atoms with Gasteiger partial charge in [0.15, 0.2) is 0 Å². The van der Waals surface area contributed by atoms with Crippen molar-refractivity contribution in [1.82, 2.24) is 14.9 Å². The van der Waals surface area contributed by atoms with Gasteiger partial charge in [-0.2, -0.15) is 0 Å². The molecule has 0 saturated carbocycles. The van der Waals surface area contributed by atoms with Gasteiger partial charge >= 0.3 is 0 Å². The normalized spacial score (nSPS) is 20.2. The minimum Gasteiger partial charge on any atom is -0.497 e. The quantitative estimate of drug-likeness (QED) is 0.279. The summed E-state index contributed by atoms with van der Waals surface area (Å²) in [5, 5.41) is 12.8. The summed E-state index contributed by atoms with van der Waals surface area (Å²) in [6, 6.07) is 7.37. The Morgan fingerprint density at radius 1 is 1.27 bits per heavy atom. The van der Waals surface area contributed by atoms with E-state index < -0.39 is 6.17 Å². The molecule has 1 fully saturated rings. The summed E-state index contributed by atoms with van der Waals surface area (Å²) in [4.78, 5) is 11.1. The third kappa shape index (κ3) is 6.44. The van der Waals surface area contributed by atoms with Gasteiger partial charge in [-0.3, -0.25) is 4.98 Å². The molecule has 0 radical (unpaired) electrons. The standard InChI is InChI=1S/C25H32FN3O2S2/c1-31-20-4-6-24-22(15-20)21(7-9-27-24)23(26)5-3-18-8-12-29(16-19(18)17-30)11-2-13-32-25-28-10-14-33-25/h4,6-7,9-10,14-15,18-19,23,30H,2-3,5,8,11-13,16-17H2,1H3/t18-,19-,23?/m1/s1. The second kappa shape index (κ2) is 12.1. The lowest BCUT2D eigenvalue weighted by Crippen LogP contribution is -2.42. The van der Waals surface area contributed by atoms with E-state index in [4.69, 9.17) is 4.74 Å². The Labute approximate surface area is 203 Å². The minimum absolute atomic E-state index is 0.168. The van der Waals surface area contributed by atoms with Crippen LogP contribution in [0.2, 0.25) is 0 Å². The van der Waals surface area contributed by atoms with Crippen LogP contribution >= 0.6 is 23.1 Å². The predicted molar refractivity (Wildman–Crippen MR) is 134 cm³/mol. The molecule has 178 valence electrons. The maximum absolute atomic E-state index is 15.3. The van der Waals surface area contributed by atoms with Crippen molar-refractivity contribution >= 4 is 34.0 Å². The van der Waals surface area contributed by atoms with Crippen LogP contribution in [0.4, 0.5) is 4.39 Å². The molecule has 8 heteroatoms. The topological polar surface area (TPSA) is 58.5 Å². The fraction of sp³-hybridized carbons (Fsp3) is 0.520. The van der Waals surface area contributed by atoms with E-state index in [1.807, 2.05) is 41.5 Å². The van der Waals surface area contributed by atoms with Crippen LogP contribution in [0.3, 0.4) is 0 Å². The van der Waals surface area contributed by atoms with Gasteiger partial charge < -0.3 is 14.7 Å². The Morgan fingerprint density at radius 2 is 2.18 bits per heavy atom. The summed E-state index contributed by atoms with van der Waals surface area (Å²) < 4.78 is 21.8. The van der Waals surface area contributed by atoms with Crippen molar-refractivity contribution in [3.63, 3.8) is 0 Å². The summed E-state index contributed by atoms with van der Waals surface area (Å²) in [5.41, 5.74) is 1.46. The van der Waals surface area contributed by atoms with Crippen LogP contribution < -0.4 is 4.74 Å². The molecular formula is C25H32FN3O2S2. The van der Waals surface area contributed by atoms with E-state index >= 15 is 4.39 Å². The van der Waals surface area contributed by atoms with Crippen LogP contribution in [0.5, 0.6) is 5.75 Å². The Bertz CT molecular complexity index is 1000. The molecule has 0 aliphatic carbocycles. The molecule has 0 bridgehead atoms. The molecule has 0 spiro atoms. The van der Waals surface area contributed by atoms with E-state index in [9.17, 15) is 5.11 Å². The minimum atomic E-state index is -1.05. The molecule has 5 nitrogen and oxygen atoms in total. The molecule has 2 aromatic heterocycles. The summed E-state index contributed by atoms with van der Waals surface area (Å²) >= 11 is 3.50. The second-order valence-electron chi connectivity index (χ2n) is 8.62. The Morgan fingerprint density at radius 3 is 2.97 bits per heavy atom. The van der Waals surface area contributed by atoms with E-state index in [1.54, 1.807) is 30.7 Å². The van der Waals surface area contributed by atoms with Gasteiger partial charge in [0.1, 0.15) is 16.3 Å². The number of methoxy groups -OCH3 is 1. The monoisotopic (exact) mass is 489 g/mol. The zero-order chi connectivity index (χ0) is 23.0. The number of ether oxygens (including phenoxy) is 1. The molecule has 0 amide bonds. The lowest BCUT2D eigenvalue weighted by molar-refractivity contribution is 0.0640. The van der Waals surface area contributed by atoms with Crippen LogP contribution in [0.25, 0.3) is 10.9 Å². The number of hydrogen-bond acceptors (Lipinski definition) is 7. The van der Waals surface area contributed by atoms with Crippen molar-refractivity contribution < 1.29 is 14.2 Å². The van der Waals surface area contributed by atoms with Gasteiger partial charge in [-0.25, -0.2) is 9.37 Å². The summed E-state index contributed by atoms with van der Waals surface area (Å²) in [6.45, 7) is 3.13. The largest absolute Gasteiger partial charge is 0.497 e. The predicted octanol–water partition coefficient (Wildman–Crippen LogP) is 5.60. The first-order chi connectivity index (χ1) is 16.2. The molecule has 3 heterocycles. The highest BCUT2D eigenvalue weighted by atomic mass is 32.2. The molecule has 1 unspecified atom stereocenters. The van der Waals surface area contributed by atoms with Crippen molar-refractivity contribution in [1.29, 1.82) is 0 Å². The number of benzene rings is 1. The van der Waals surface area contributed by atoms with E-state index in [2.05, 4.69) is 14.9 Å². The van der Waals surface area contributed by atoms with Gasteiger partial charge in [0.05, 0.1) is 12.6 Å². The number of pyridine rings is 1. The first-order valence-corrected chi connectivity index (χ1v) is 13.5. The number of aromatic nitrogens is 2. The van der Waals surface area contributed by atoms with Gasteiger partial charge in [0.2, 0.25) is 0 Å². The van der Waals surface area contributed by atoms with Gasteiger partial charge in [0, 0.05) is 42.1 Å². The number of piperidine rings is 1. The van der Waals surface area contributed by atoms with Crippen molar-refractivity contribution in [2.75, 3.05) is 39.1 Å². The number of hydrogen-bond donors (Lipinski definition) is 1. The number of aliphatic hydroxyl groups excluding tert-OH is 1. The van der Waals surface area contributed by atoms with Gasteiger partial charge in [-0.15, -0.1) is 11.3 Å². The highest BCUT2D eigenvalue weighted by Crippen LogP contribution is 2.35. The van der Waals surface area contributed by atoms with Crippen LogP contribution in [0.15, 0.2) is 46.4 Å². The smallest absolute Gasteiger partial charge is 0.149 e. The lowest BCUT2D eigenvalue weighted by atomic mass is 9.81. The van der Waals surface area contributed by atoms with Crippen LogP contribution in [-0.2, 0) is 0 Å². The number of nitrogens with zero attached hydrogens (tertiary/aromatic N) is 3. The van der Waals surface area contributed by atoms with E-state index in [0.29, 0.717) is 23.7 Å². The van der Waals surface area contributed by atoms with Crippen molar-refractivity contribution in [3.05, 3.63) is 47.6 Å². The summed E-state index contributed by atoms with van der Waals surface area (Å²) in [7, 11) is 1.62. The number of alkyl halides is 1.